The number of carbonyl (C=O) groups is 1. The topological polar surface area (TPSA) is 59.3 Å². The summed E-state index contributed by atoms with van der Waals surface area (Å²) >= 11 is 7.39. The lowest BCUT2D eigenvalue weighted by molar-refractivity contribution is -0.142. The molecule has 0 fully saturated rings. The summed E-state index contributed by atoms with van der Waals surface area (Å²) in [5, 5.41) is 7.29. The van der Waals surface area contributed by atoms with Gasteiger partial charge in [0, 0.05) is 20.4 Å². The zero-order valence-corrected chi connectivity index (χ0v) is 22.4. The number of para-hydroxylation sites is 1. The maximum Gasteiger partial charge on any atom is 0.433 e. The number of benzene rings is 3. The number of aromatic nitrogens is 3. The lowest BCUT2D eigenvalue weighted by atomic mass is 10.0. The van der Waals surface area contributed by atoms with Gasteiger partial charge in [-0.05, 0) is 53.9 Å². The van der Waals surface area contributed by atoms with Crippen LogP contribution in [-0.4, -0.2) is 20.5 Å². The number of nitrogens with one attached hydrogen (secondary N) is 1. The summed E-state index contributed by atoms with van der Waals surface area (Å²) in [4.78, 5) is 19.4. The van der Waals surface area contributed by atoms with Crippen molar-refractivity contribution in [2.75, 3.05) is 5.32 Å². The van der Waals surface area contributed by atoms with Crippen molar-refractivity contribution in [1.29, 1.82) is 0 Å². The van der Waals surface area contributed by atoms with Crippen molar-refractivity contribution in [3.63, 3.8) is 0 Å². The third-order valence-corrected chi connectivity index (χ3v) is 7.39. The van der Waals surface area contributed by atoms with Crippen molar-refractivity contribution in [3.8, 4) is 11.3 Å². The van der Waals surface area contributed by atoms with E-state index in [2.05, 4.69) is 15.4 Å². The summed E-state index contributed by atoms with van der Waals surface area (Å²) in [7, 11) is 0. The fourth-order valence-electron chi connectivity index (χ4n) is 3.99. The number of hydrogen-bond donors (Lipinski definition) is 1. The Morgan fingerprint density at radius 1 is 1.00 bits per heavy atom. The van der Waals surface area contributed by atoms with Gasteiger partial charge in [0.1, 0.15) is 5.56 Å². The SMILES string of the molecule is CC(C)c1ccc(-c2cc(C(F)(F)F)n3ncc(C(=O)Nc4ccccc4Sc4ccc(Cl)cc4)c3n2)cc1. The van der Waals surface area contributed by atoms with Gasteiger partial charge >= 0.3 is 6.18 Å². The Bertz CT molecular complexity index is 1650. The molecule has 1 amide bonds. The summed E-state index contributed by atoms with van der Waals surface area (Å²) in [6.07, 6.45) is -3.61. The van der Waals surface area contributed by atoms with Crippen LogP contribution in [0.2, 0.25) is 5.02 Å². The minimum Gasteiger partial charge on any atom is -0.321 e. The number of amides is 1. The van der Waals surface area contributed by atoms with Crippen LogP contribution in [0.25, 0.3) is 16.9 Å². The number of hydrogen-bond acceptors (Lipinski definition) is 4. The summed E-state index contributed by atoms with van der Waals surface area (Å²) in [5.41, 5.74) is 0.866. The Kier molecular flexibility index (Phi) is 7.38. The van der Waals surface area contributed by atoms with Gasteiger partial charge in [0.2, 0.25) is 0 Å². The maximum absolute atomic E-state index is 14.0. The van der Waals surface area contributed by atoms with E-state index in [0.717, 1.165) is 27.6 Å². The largest absolute Gasteiger partial charge is 0.433 e. The van der Waals surface area contributed by atoms with E-state index >= 15 is 0 Å². The molecule has 0 aliphatic heterocycles. The Labute approximate surface area is 232 Å². The molecular weight excluding hydrogens is 545 g/mol. The molecule has 0 aliphatic rings. The zero-order valence-electron chi connectivity index (χ0n) is 20.8. The Morgan fingerprint density at radius 3 is 2.36 bits per heavy atom. The molecular formula is C29H22ClF3N4OS. The van der Waals surface area contributed by atoms with Gasteiger partial charge in [0.25, 0.3) is 5.91 Å². The highest BCUT2D eigenvalue weighted by atomic mass is 35.5. The maximum atomic E-state index is 14.0. The molecule has 0 saturated heterocycles. The highest BCUT2D eigenvalue weighted by Gasteiger charge is 2.36. The quantitative estimate of drug-likeness (QED) is 0.223. The van der Waals surface area contributed by atoms with E-state index in [4.69, 9.17) is 11.6 Å². The van der Waals surface area contributed by atoms with Crippen LogP contribution in [0.15, 0.2) is 94.9 Å². The number of nitrogens with zero attached hydrogens (tertiary/aromatic N) is 3. The van der Waals surface area contributed by atoms with Gasteiger partial charge in [-0.2, -0.15) is 18.3 Å². The van der Waals surface area contributed by atoms with Crippen LogP contribution in [0.3, 0.4) is 0 Å². The average molecular weight is 567 g/mol. The number of carbonyl (C=O) groups excluding carboxylic acids is 1. The molecule has 2 heterocycles. The van der Waals surface area contributed by atoms with E-state index in [0.29, 0.717) is 20.8 Å². The molecule has 39 heavy (non-hydrogen) atoms. The Balaban J connectivity index is 1.52. The average Bonchev–Trinajstić information content (AvgIpc) is 3.34. The van der Waals surface area contributed by atoms with E-state index < -0.39 is 17.8 Å². The Hall–Kier alpha value is -3.82. The van der Waals surface area contributed by atoms with Gasteiger partial charge in [-0.15, -0.1) is 0 Å². The first-order valence-corrected chi connectivity index (χ1v) is 13.2. The second-order valence-electron chi connectivity index (χ2n) is 9.10. The minimum atomic E-state index is -4.71. The summed E-state index contributed by atoms with van der Waals surface area (Å²) < 4.78 is 42.7. The molecule has 0 aliphatic carbocycles. The molecule has 5 rings (SSSR count). The monoisotopic (exact) mass is 566 g/mol. The van der Waals surface area contributed by atoms with Gasteiger partial charge in [-0.1, -0.05) is 73.6 Å². The molecule has 5 aromatic rings. The van der Waals surface area contributed by atoms with Gasteiger partial charge in [-0.3, -0.25) is 4.79 Å². The summed E-state index contributed by atoms with van der Waals surface area (Å²) in [5.74, 6) is -0.354. The van der Waals surface area contributed by atoms with Gasteiger partial charge in [0.15, 0.2) is 11.3 Å². The number of halogens is 4. The lowest BCUT2D eigenvalue weighted by Crippen LogP contribution is -2.16. The molecule has 0 unspecified atom stereocenters. The lowest BCUT2D eigenvalue weighted by Gasteiger charge is -2.13. The zero-order chi connectivity index (χ0) is 27.7. The van der Waals surface area contributed by atoms with Crippen LogP contribution in [0, 0.1) is 0 Å². The smallest absolute Gasteiger partial charge is 0.321 e. The number of alkyl halides is 3. The summed E-state index contributed by atoms with van der Waals surface area (Å²) in [6, 6.07) is 22.5. The van der Waals surface area contributed by atoms with Crippen LogP contribution in [0.5, 0.6) is 0 Å². The molecule has 0 spiro atoms. The first-order chi connectivity index (χ1) is 18.6. The highest BCUT2D eigenvalue weighted by Crippen LogP contribution is 2.35. The van der Waals surface area contributed by atoms with E-state index in [-0.39, 0.29) is 22.8 Å². The summed E-state index contributed by atoms with van der Waals surface area (Å²) in [6.45, 7) is 4.06. The van der Waals surface area contributed by atoms with Crippen LogP contribution >= 0.6 is 23.4 Å². The molecule has 0 bridgehead atoms. The van der Waals surface area contributed by atoms with Gasteiger partial charge < -0.3 is 5.32 Å². The highest BCUT2D eigenvalue weighted by molar-refractivity contribution is 7.99. The molecule has 198 valence electrons. The van der Waals surface area contributed by atoms with E-state index in [1.54, 1.807) is 36.4 Å². The number of rotatable bonds is 6. The normalized spacial score (nSPS) is 11.8. The van der Waals surface area contributed by atoms with Crippen LogP contribution in [0.4, 0.5) is 18.9 Å². The first kappa shape index (κ1) is 26.8. The van der Waals surface area contributed by atoms with E-state index in [9.17, 15) is 18.0 Å². The molecule has 0 saturated carbocycles. The predicted octanol–water partition coefficient (Wildman–Crippen LogP) is 8.60. The number of fused-ring (bicyclic) bond motifs is 1. The van der Waals surface area contributed by atoms with Crippen LogP contribution in [-0.2, 0) is 6.18 Å². The van der Waals surface area contributed by atoms with Crippen molar-refractivity contribution < 1.29 is 18.0 Å². The van der Waals surface area contributed by atoms with E-state index in [1.165, 1.54) is 11.8 Å². The molecule has 2 aromatic heterocycles. The molecule has 1 N–H and O–H groups in total. The molecule has 10 heteroatoms. The van der Waals surface area contributed by atoms with Gasteiger partial charge in [-0.25, -0.2) is 9.50 Å². The van der Waals surface area contributed by atoms with Crippen LogP contribution < -0.4 is 5.32 Å². The van der Waals surface area contributed by atoms with Crippen molar-refractivity contribution >= 4 is 40.6 Å². The van der Waals surface area contributed by atoms with Crippen molar-refractivity contribution in [2.24, 2.45) is 0 Å². The molecule has 3 aromatic carbocycles. The van der Waals surface area contributed by atoms with Crippen molar-refractivity contribution in [2.45, 2.75) is 35.7 Å². The van der Waals surface area contributed by atoms with Gasteiger partial charge in [0.05, 0.1) is 17.6 Å². The number of anilines is 1. The third-order valence-electron chi connectivity index (χ3n) is 6.06. The first-order valence-electron chi connectivity index (χ1n) is 12.0. The predicted molar refractivity (Wildman–Crippen MR) is 147 cm³/mol. The molecule has 5 nitrogen and oxygen atoms in total. The van der Waals surface area contributed by atoms with Crippen LogP contribution in [0.1, 0.15) is 41.4 Å². The molecule has 0 radical (unpaired) electrons. The van der Waals surface area contributed by atoms with Crippen molar-refractivity contribution in [3.05, 3.63) is 107 Å². The third kappa shape index (κ3) is 5.79. The second-order valence-corrected chi connectivity index (χ2v) is 10.7. The molecule has 0 atom stereocenters. The minimum absolute atomic E-state index is 0.0764. The fourth-order valence-corrected chi connectivity index (χ4v) is 5.02. The van der Waals surface area contributed by atoms with E-state index in [1.807, 2.05) is 50.2 Å². The van der Waals surface area contributed by atoms with Crippen molar-refractivity contribution in [1.82, 2.24) is 14.6 Å². The Morgan fingerprint density at radius 2 is 1.69 bits per heavy atom. The fraction of sp³-hybridized carbons (Fsp3) is 0.138. The standard InChI is InChI=1S/C29H22ClF3N4OS/c1-17(2)18-7-9-19(10-8-18)24-15-26(29(31,32)33)37-27(35-24)22(16-34-37)28(38)36-23-5-3-4-6-25(23)39-21-13-11-20(30)12-14-21/h3-17H,1-2H3,(H,36,38). The second kappa shape index (κ2) is 10.7.